The number of anilines is 1. The first-order valence-corrected chi connectivity index (χ1v) is 9.25. The number of fused-ring (bicyclic) bond motifs is 3. The summed E-state index contributed by atoms with van der Waals surface area (Å²) in [5.41, 5.74) is 11.2. The molecule has 4 nitrogen and oxygen atoms in total. The van der Waals surface area contributed by atoms with E-state index in [1.165, 1.54) is 21.8 Å². The van der Waals surface area contributed by atoms with Crippen LogP contribution in [-0.4, -0.2) is 14.5 Å². The molecule has 0 bridgehead atoms. The molecule has 3 heterocycles. The molecule has 5 heteroatoms. The van der Waals surface area contributed by atoms with Gasteiger partial charge in [0.15, 0.2) is 0 Å². The van der Waals surface area contributed by atoms with Crippen LogP contribution in [0.5, 0.6) is 0 Å². The maximum atomic E-state index is 5.99. The molecule has 0 aliphatic carbocycles. The van der Waals surface area contributed by atoms with Crippen molar-refractivity contribution in [2.24, 2.45) is 7.05 Å². The summed E-state index contributed by atoms with van der Waals surface area (Å²) in [7, 11) is 2.10. The summed E-state index contributed by atoms with van der Waals surface area (Å²) < 4.78 is 2.22. The van der Waals surface area contributed by atoms with Crippen LogP contribution in [0.3, 0.4) is 0 Å². The number of benzene rings is 2. The van der Waals surface area contributed by atoms with Crippen molar-refractivity contribution < 1.29 is 0 Å². The number of nitrogen functional groups attached to an aromatic ring is 1. The normalized spacial score (nSPS) is 11.4. The van der Waals surface area contributed by atoms with Gasteiger partial charge in [0.1, 0.15) is 0 Å². The van der Waals surface area contributed by atoms with Crippen molar-refractivity contribution in [3.8, 4) is 21.8 Å². The van der Waals surface area contributed by atoms with Crippen LogP contribution in [0.15, 0.2) is 66.0 Å². The summed E-state index contributed by atoms with van der Waals surface area (Å²) in [5, 5.41) is 4.50. The van der Waals surface area contributed by atoms with Crippen LogP contribution in [0.1, 0.15) is 0 Å². The van der Waals surface area contributed by atoms with Gasteiger partial charge in [-0.15, -0.1) is 11.3 Å². The zero-order valence-corrected chi connectivity index (χ0v) is 15.0. The largest absolute Gasteiger partial charge is 0.368 e. The quantitative estimate of drug-likeness (QED) is 0.479. The van der Waals surface area contributed by atoms with Gasteiger partial charge in [-0.2, -0.15) is 0 Å². The first-order valence-electron chi connectivity index (χ1n) is 8.37. The van der Waals surface area contributed by atoms with Gasteiger partial charge in [0, 0.05) is 34.4 Å². The van der Waals surface area contributed by atoms with Crippen molar-refractivity contribution in [1.82, 2.24) is 14.5 Å². The highest BCUT2D eigenvalue weighted by molar-refractivity contribution is 7.13. The topological polar surface area (TPSA) is 56.7 Å². The Labute approximate surface area is 154 Å². The number of rotatable bonds is 2. The second-order valence-electron chi connectivity index (χ2n) is 6.28. The van der Waals surface area contributed by atoms with Gasteiger partial charge in [-0.25, -0.2) is 9.97 Å². The van der Waals surface area contributed by atoms with E-state index in [0.29, 0.717) is 5.95 Å². The summed E-state index contributed by atoms with van der Waals surface area (Å²) in [6.45, 7) is 0. The minimum atomic E-state index is 0.295. The van der Waals surface area contributed by atoms with Gasteiger partial charge >= 0.3 is 0 Å². The zero-order chi connectivity index (χ0) is 17.7. The molecule has 2 N–H and O–H groups in total. The molecule has 0 unspecified atom stereocenters. The third-order valence-corrected chi connectivity index (χ3v) is 5.62. The lowest BCUT2D eigenvalue weighted by Gasteiger charge is -2.06. The number of para-hydroxylation sites is 1. The van der Waals surface area contributed by atoms with E-state index in [1.54, 1.807) is 11.3 Å². The third-order valence-electron chi connectivity index (χ3n) is 4.73. The Balaban J connectivity index is 1.74. The Kier molecular flexibility index (Phi) is 3.30. The molecule has 0 fully saturated rings. The Morgan fingerprint density at radius 3 is 2.50 bits per heavy atom. The fourth-order valence-corrected chi connectivity index (χ4v) is 4.18. The van der Waals surface area contributed by atoms with Crippen molar-refractivity contribution in [2.75, 3.05) is 5.73 Å². The first kappa shape index (κ1) is 15.1. The molecular weight excluding hydrogens is 340 g/mol. The Hall–Kier alpha value is -3.18. The summed E-state index contributed by atoms with van der Waals surface area (Å²) >= 11 is 1.65. The van der Waals surface area contributed by atoms with Crippen LogP contribution < -0.4 is 5.73 Å². The van der Waals surface area contributed by atoms with E-state index in [2.05, 4.69) is 64.0 Å². The van der Waals surface area contributed by atoms with Crippen LogP contribution in [0.4, 0.5) is 5.95 Å². The van der Waals surface area contributed by atoms with Crippen LogP contribution >= 0.6 is 11.3 Å². The average molecular weight is 356 g/mol. The summed E-state index contributed by atoms with van der Waals surface area (Å²) in [5.74, 6) is 0.295. The van der Waals surface area contributed by atoms with E-state index in [-0.39, 0.29) is 0 Å². The fourth-order valence-electron chi connectivity index (χ4n) is 3.49. The number of hydrogen-bond donors (Lipinski definition) is 1. The molecule has 0 saturated heterocycles. The third kappa shape index (κ3) is 2.29. The lowest BCUT2D eigenvalue weighted by molar-refractivity contribution is 1.01. The Morgan fingerprint density at radius 1 is 0.846 bits per heavy atom. The van der Waals surface area contributed by atoms with Gasteiger partial charge in [0.05, 0.1) is 16.3 Å². The van der Waals surface area contributed by atoms with Gasteiger partial charge in [-0.05, 0) is 35.7 Å². The van der Waals surface area contributed by atoms with Crippen molar-refractivity contribution in [1.29, 1.82) is 0 Å². The highest BCUT2D eigenvalue weighted by Crippen LogP contribution is 2.33. The van der Waals surface area contributed by atoms with Gasteiger partial charge < -0.3 is 10.3 Å². The second-order valence-corrected chi connectivity index (χ2v) is 7.23. The molecule has 0 saturated carbocycles. The zero-order valence-electron chi connectivity index (χ0n) is 14.2. The van der Waals surface area contributed by atoms with Crippen LogP contribution in [0.25, 0.3) is 43.6 Å². The molecule has 126 valence electrons. The number of nitrogens with two attached hydrogens (primary N) is 1. The number of hydrogen-bond acceptors (Lipinski definition) is 4. The monoisotopic (exact) mass is 356 g/mol. The van der Waals surface area contributed by atoms with Gasteiger partial charge in [-0.3, -0.25) is 0 Å². The van der Waals surface area contributed by atoms with Crippen LogP contribution in [0.2, 0.25) is 0 Å². The fraction of sp³-hybridized carbons (Fsp3) is 0.0476. The SMILES string of the molecule is Cn1c2ccccc2c2cc(-c3cc(-c4cccs4)nc(N)n3)ccc21. The molecule has 5 aromatic rings. The van der Waals surface area contributed by atoms with Crippen molar-refractivity contribution in [3.63, 3.8) is 0 Å². The Bertz CT molecular complexity index is 1250. The maximum Gasteiger partial charge on any atom is 0.221 e. The lowest BCUT2D eigenvalue weighted by atomic mass is 10.1. The summed E-state index contributed by atoms with van der Waals surface area (Å²) in [4.78, 5) is 9.95. The molecule has 2 aromatic carbocycles. The maximum absolute atomic E-state index is 5.99. The van der Waals surface area contributed by atoms with E-state index < -0.39 is 0 Å². The molecular formula is C21H16N4S. The van der Waals surface area contributed by atoms with E-state index >= 15 is 0 Å². The number of aromatic nitrogens is 3. The molecule has 0 spiro atoms. The van der Waals surface area contributed by atoms with Crippen LogP contribution in [-0.2, 0) is 7.05 Å². The smallest absolute Gasteiger partial charge is 0.221 e. The summed E-state index contributed by atoms with van der Waals surface area (Å²) in [6.07, 6.45) is 0. The molecule has 0 aliphatic heterocycles. The van der Waals surface area contributed by atoms with E-state index in [9.17, 15) is 0 Å². The molecule has 0 radical (unpaired) electrons. The number of thiophene rings is 1. The average Bonchev–Trinajstić information content (AvgIpc) is 3.29. The molecule has 3 aromatic heterocycles. The number of nitrogens with zero attached hydrogens (tertiary/aromatic N) is 3. The summed E-state index contributed by atoms with van der Waals surface area (Å²) in [6, 6.07) is 21.0. The minimum Gasteiger partial charge on any atom is -0.368 e. The lowest BCUT2D eigenvalue weighted by Crippen LogP contribution is -1.98. The molecule has 0 aliphatic rings. The second kappa shape index (κ2) is 5.68. The van der Waals surface area contributed by atoms with E-state index in [4.69, 9.17) is 5.73 Å². The van der Waals surface area contributed by atoms with Crippen molar-refractivity contribution in [3.05, 3.63) is 66.0 Å². The minimum absolute atomic E-state index is 0.295. The van der Waals surface area contributed by atoms with Crippen molar-refractivity contribution >= 4 is 39.1 Å². The van der Waals surface area contributed by atoms with E-state index in [0.717, 1.165) is 21.8 Å². The van der Waals surface area contributed by atoms with Crippen molar-refractivity contribution in [2.45, 2.75) is 0 Å². The molecule has 0 atom stereocenters. The number of aryl methyl sites for hydroxylation is 1. The predicted molar refractivity (Wildman–Crippen MR) is 109 cm³/mol. The predicted octanol–water partition coefficient (Wildman–Crippen LogP) is 5.10. The standard InChI is InChI=1S/C21H16N4S/c1-25-18-6-3-2-5-14(18)15-11-13(8-9-19(15)25)16-12-17(24-21(22)23-16)20-7-4-10-26-20/h2-12H,1H3,(H2,22,23,24). The van der Waals surface area contributed by atoms with E-state index in [1.807, 2.05) is 23.6 Å². The van der Waals surface area contributed by atoms with Gasteiger partial charge in [-0.1, -0.05) is 30.3 Å². The molecule has 0 amide bonds. The molecule has 5 rings (SSSR count). The van der Waals surface area contributed by atoms with Crippen LogP contribution in [0, 0.1) is 0 Å². The highest BCUT2D eigenvalue weighted by Gasteiger charge is 2.12. The molecule has 26 heavy (non-hydrogen) atoms. The Morgan fingerprint density at radius 2 is 1.65 bits per heavy atom. The first-order chi connectivity index (χ1) is 12.7. The highest BCUT2D eigenvalue weighted by atomic mass is 32.1. The van der Waals surface area contributed by atoms with Gasteiger partial charge in [0.25, 0.3) is 0 Å². The van der Waals surface area contributed by atoms with Gasteiger partial charge in [0.2, 0.25) is 5.95 Å².